The summed E-state index contributed by atoms with van der Waals surface area (Å²) in [5.41, 5.74) is 1.31. The summed E-state index contributed by atoms with van der Waals surface area (Å²) in [6.45, 7) is 12.4. The van der Waals surface area contributed by atoms with Gasteiger partial charge in [0.15, 0.2) is 0 Å². The van der Waals surface area contributed by atoms with Gasteiger partial charge in [-0.3, -0.25) is 9.59 Å². The van der Waals surface area contributed by atoms with Crippen LogP contribution in [0.2, 0.25) is 0 Å². The molecule has 0 N–H and O–H groups in total. The number of benzene rings is 2. The average molecular weight is 551 g/mol. The average Bonchev–Trinajstić information content (AvgIpc) is 3.01. The van der Waals surface area contributed by atoms with Crippen molar-refractivity contribution in [2.45, 2.75) is 79.1 Å². The third-order valence-electron chi connectivity index (χ3n) is 8.11. The summed E-state index contributed by atoms with van der Waals surface area (Å²) in [6, 6.07) is 14.9. The third kappa shape index (κ3) is 9.57. The first-order valence-electron chi connectivity index (χ1n) is 15.5. The standard InChI is InChI=1S/C34H50N2O4/c1-5-9-11-27(7-3)25-39-31-17-13-29(14-18-31)33(37)35-21-23-36(24-22-35)34(38)30-15-19-32(20-16-30)40-26-28(8-4)12-10-6-2/h13-20,27-28H,5-12,21-26H2,1-4H3. The first-order valence-corrected chi connectivity index (χ1v) is 15.5. The smallest absolute Gasteiger partial charge is 0.253 e. The Morgan fingerprint density at radius 2 is 0.975 bits per heavy atom. The summed E-state index contributed by atoms with van der Waals surface area (Å²) in [5.74, 6) is 2.75. The molecule has 220 valence electrons. The quantitative estimate of drug-likeness (QED) is 0.217. The van der Waals surface area contributed by atoms with Gasteiger partial charge in [0, 0.05) is 37.3 Å². The fraction of sp³-hybridized carbons (Fsp3) is 0.588. The van der Waals surface area contributed by atoms with Crippen LogP contribution in [0.5, 0.6) is 11.5 Å². The summed E-state index contributed by atoms with van der Waals surface area (Å²) in [7, 11) is 0. The second-order valence-electron chi connectivity index (χ2n) is 11.1. The van der Waals surface area contributed by atoms with Crippen LogP contribution in [0, 0.1) is 11.8 Å². The van der Waals surface area contributed by atoms with Gasteiger partial charge in [0.1, 0.15) is 11.5 Å². The van der Waals surface area contributed by atoms with Crippen molar-refractivity contribution in [3.05, 3.63) is 59.7 Å². The lowest BCUT2D eigenvalue weighted by Crippen LogP contribution is -2.50. The molecule has 0 bridgehead atoms. The molecule has 2 aromatic carbocycles. The molecule has 2 atom stereocenters. The van der Waals surface area contributed by atoms with Crippen molar-refractivity contribution in [3.8, 4) is 11.5 Å². The van der Waals surface area contributed by atoms with E-state index < -0.39 is 0 Å². The van der Waals surface area contributed by atoms with Crippen molar-refractivity contribution in [1.29, 1.82) is 0 Å². The Kier molecular flexibility index (Phi) is 13.3. The third-order valence-corrected chi connectivity index (χ3v) is 8.11. The molecule has 1 aliphatic rings. The van der Waals surface area contributed by atoms with E-state index >= 15 is 0 Å². The zero-order valence-electron chi connectivity index (χ0n) is 25.2. The van der Waals surface area contributed by atoms with Crippen LogP contribution in [0.4, 0.5) is 0 Å². The van der Waals surface area contributed by atoms with Gasteiger partial charge in [0.25, 0.3) is 11.8 Å². The summed E-state index contributed by atoms with van der Waals surface area (Å²) in [6.07, 6.45) is 9.48. The highest BCUT2D eigenvalue weighted by molar-refractivity contribution is 5.96. The van der Waals surface area contributed by atoms with E-state index in [4.69, 9.17) is 9.47 Å². The molecular formula is C34H50N2O4. The van der Waals surface area contributed by atoms with Crippen molar-refractivity contribution in [3.63, 3.8) is 0 Å². The van der Waals surface area contributed by atoms with Gasteiger partial charge in [0.2, 0.25) is 0 Å². The Bertz CT molecular complexity index is 930. The second kappa shape index (κ2) is 16.9. The molecule has 0 aliphatic carbocycles. The molecule has 0 radical (unpaired) electrons. The maximum atomic E-state index is 13.1. The van der Waals surface area contributed by atoms with Crippen LogP contribution in [0.3, 0.4) is 0 Å². The van der Waals surface area contributed by atoms with Gasteiger partial charge in [0.05, 0.1) is 13.2 Å². The number of piperazine rings is 1. The van der Waals surface area contributed by atoms with Crippen molar-refractivity contribution >= 4 is 11.8 Å². The molecule has 3 rings (SSSR count). The van der Waals surface area contributed by atoms with Gasteiger partial charge in [-0.05, 0) is 73.2 Å². The molecule has 0 spiro atoms. The Labute approximate surface area is 242 Å². The predicted molar refractivity (Wildman–Crippen MR) is 162 cm³/mol. The topological polar surface area (TPSA) is 59.1 Å². The van der Waals surface area contributed by atoms with E-state index in [0.717, 1.165) is 24.3 Å². The van der Waals surface area contributed by atoms with Crippen LogP contribution in [0.15, 0.2) is 48.5 Å². The second-order valence-corrected chi connectivity index (χ2v) is 11.1. The van der Waals surface area contributed by atoms with Crippen LogP contribution >= 0.6 is 0 Å². The van der Waals surface area contributed by atoms with Gasteiger partial charge in [-0.2, -0.15) is 0 Å². The van der Waals surface area contributed by atoms with E-state index in [9.17, 15) is 9.59 Å². The highest BCUT2D eigenvalue weighted by atomic mass is 16.5. The van der Waals surface area contributed by atoms with E-state index in [-0.39, 0.29) is 11.8 Å². The van der Waals surface area contributed by atoms with E-state index in [1.165, 1.54) is 38.5 Å². The van der Waals surface area contributed by atoms with E-state index in [1.54, 1.807) is 0 Å². The molecule has 1 aliphatic heterocycles. The number of ether oxygens (including phenoxy) is 2. The molecule has 2 aromatic rings. The SMILES string of the molecule is CCCCC(CC)COc1ccc(C(=O)N2CCN(C(=O)c3ccc(OCC(CC)CCCC)cc3)CC2)cc1. The molecule has 1 fully saturated rings. The van der Waals surface area contributed by atoms with Gasteiger partial charge in [-0.15, -0.1) is 0 Å². The maximum Gasteiger partial charge on any atom is 0.253 e. The van der Waals surface area contributed by atoms with Crippen molar-refractivity contribution in [2.24, 2.45) is 11.8 Å². The Balaban J connectivity index is 1.44. The van der Waals surface area contributed by atoms with Gasteiger partial charge in [-0.1, -0.05) is 66.2 Å². The fourth-order valence-electron chi connectivity index (χ4n) is 5.09. The normalized spacial score (nSPS) is 15.0. The van der Waals surface area contributed by atoms with Crippen LogP contribution in [0.25, 0.3) is 0 Å². The number of unbranched alkanes of at least 4 members (excludes halogenated alkanes) is 2. The number of carbonyl (C=O) groups excluding carboxylic acids is 2. The lowest BCUT2D eigenvalue weighted by atomic mass is 10.0. The largest absolute Gasteiger partial charge is 0.493 e. The first kappa shape index (κ1) is 31.5. The number of hydrogen-bond acceptors (Lipinski definition) is 4. The molecule has 2 amide bonds. The van der Waals surface area contributed by atoms with Gasteiger partial charge >= 0.3 is 0 Å². The summed E-state index contributed by atoms with van der Waals surface area (Å²) < 4.78 is 12.0. The molecule has 1 heterocycles. The Morgan fingerprint density at radius 1 is 0.625 bits per heavy atom. The first-order chi connectivity index (χ1) is 19.5. The number of carbonyl (C=O) groups is 2. The number of rotatable bonds is 16. The Morgan fingerprint density at radius 3 is 1.27 bits per heavy atom. The summed E-state index contributed by atoms with van der Waals surface area (Å²) >= 11 is 0. The maximum absolute atomic E-state index is 13.1. The van der Waals surface area contributed by atoms with Crippen LogP contribution < -0.4 is 9.47 Å². The lowest BCUT2D eigenvalue weighted by Gasteiger charge is -2.35. The van der Waals surface area contributed by atoms with E-state index in [1.807, 2.05) is 58.3 Å². The Hall–Kier alpha value is -3.02. The van der Waals surface area contributed by atoms with E-state index in [2.05, 4.69) is 27.7 Å². The molecule has 2 unspecified atom stereocenters. The summed E-state index contributed by atoms with van der Waals surface area (Å²) in [5, 5.41) is 0. The van der Waals surface area contributed by atoms with Crippen molar-refractivity contribution < 1.29 is 19.1 Å². The predicted octanol–water partition coefficient (Wildman–Crippen LogP) is 7.48. The molecule has 6 nitrogen and oxygen atoms in total. The number of nitrogens with zero attached hydrogens (tertiary/aromatic N) is 2. The van der Waals surface area contributed by atoms with Crippen LogP contribution in [0.1, 0.15) is 99.8 Å². The zero-order valence-corrected chi connectivity index (χ0v) is 25.2. The number of hydrogen-bond donors (Lipinski definition) is 0. The minimum atomic E-state index is -0.00106. The lowest BCUT2D eigenvalue weighted by molar-refractivity contribution is 0.0535. The molecule has 0 saturated carbocycles. The molecule has 40 heavy (non-hydrogen) atoms. The van der Waals surface area contributed by atoms with Crippen LogP contribution in [-0.2, 0) is 0 Å². The molecule has 1 saturated heterocycles. The minimum Gasteiger partial charge on any atom is -0.493 e. The molecule has 6 heteroatoms. The van der Waals surface area contributed by atoms with Crippen molar-refractivity contribution in [2.75, 3.05) is 39.4 Å². The van der Waals surface area contributed by atoms with E-state index in [0.29, 0.717) is 62.4 Å². The minimum absolute atomic E-state index is 0.00106. The van der Waals surface area contributed by atoms with Crippen LogP contribution in [-0.4, -0.2) is 61.0 Å². The molecular weight excluding hydrogens is 500 g/mol. The highest BCUT2D eigenvalue weighted by Gasteiger charge is 2.25. The van der Waals surface area contributed by atoms with Crippen molar-refractivity contribution in [1.82, 2.24) is 9.80 Å². The summed E-state index contributed by atoms with van der Waals surface area (Å²) in [4.78, 5) is 29.8. The van der Waals surface area contributed by atoms with Gasteiger partial charge in [-0.25, -0.2) is 0 Å². The number of amides is 2. The fourth-order valence-corrected chi connectivity index (χ4v) is 5.09. The molecule has 0 aromatic heterocycles. The van der Waals surface area contributed by atoms with Gasteiger partial charge < -0.3 is 19.3 Å². The zero-order chi connectivity index (χ0) is 28.7. The monoisotopic (exact) mass is 550 g/mol. The highest BCUT2D eigenvalue weighted by Crippen LogP contribution is 2.21.